The molecule has 2 aromatic carbocycles. The summed E-state index contributed by atoms with van der Waals surface area (Å²) in [5.74, 6) is 0. The van der Waals surface area contributed by atoms with Gasteiger partial charge in [0, 0.05) is 47.1 Å². The van der Waals surface area contributed by atoms with Gasteiger partial charge in [0.2, 0.25) is 0 Å². The molecule has 0 fully saturated rings. The third-order valence-electron chi connectivity index (χ3n) is 4.90. The SMILES string of the molecule is CCn1c2ccccc2c2cc(CNC(C)c3ccccn3)ccc21.Cl. The van der Waals surface area contributed by atoms with Gasteiger partial charge in [-0.25, -0.2) is 0 Å². The van der Waals surface area contributed by atoms with Crippen LogP contribution in [-0.2, 0) is 13.1 Å². The molecule has 4 aromatic rings. The van der Waals surface area contributed by atoms with Crippen molar-refractivity contribution in [1.82, 2.24) is 14.9 Å². The van der Waals surface area contributed by atoms with Crippen molar-refractivity contribution in [2.45, 2.75) is 33.0 Å². The Kier molecular flexibility index (Phi) is 5.60. The molecule has 0 spiro atoms. The van der Waals surface area contributed by atoms with Gasteiger partial charge in [0.25, 0.3) is 0 Å². The highest BCUT2D eigenvalue weighted by molar-refractivity contribution is 6.08. The summed E-state index contributed by atoms with van der Waals surface area (Å²) in [4.78, 5) is 4.43. The largest absolute Gasteiger partial charge is 0.341 e. The molecule has 0 amide bonds. The molecule has 4 rings (SSSR count). The average Bonchev–Trinajstić information content (AvgIpc) is 3.00. The van der Waals surface area contributed by atoms with E-state index in [1.165, 1.54) is 27.4 Å². The summed E-state index contributed by atoms with van der Waals surface area (Å²) in [5.41, 5.74) is 5.00. The normalized spacial score (nSPS) is 12.2. The first-order chi connectivity index (χ1) is 12.3. The Morgan fingerprint density at radius 3 is 2.50 bits per heavy atom. The number of aromatic nitrogens is 2. The molecular formula is C22H24ClN3. The maximum Gasteiger partial charge on any atom is 0.0570 e. The van der Waals surface area contributed by atoms with Crippen LogP contribution in [0.4, 0.5) is 0 Å². The molecule has 0 aliphatic rings. The van der Waals surface area contributed by atoms with E-state index in [2.05, 4.69) is 77.2 Å². The van der Waals surface area contributed by atoms with E-state index in [0.29, 0.717) is 0 Å². The van der Waals surface area contributed by atoms with Gasteiger partial charge < -0.3 is 9.88 Å². The predicted octanol–water partition coefficient (Wildman–Crippen LogP) is 5.48. The third-order valence-corrected chi connectivity index (χ3v) is 4.90. The van der Waals surface area contributed by atoms with Gasteiger partial charge in [-0.3, -0.25) is 4.98 Å². The Morgan fingerprint density at radius 2 is 1.73 bits per heavy atom. The third kappa shape index (κ3) is 3.33. The predicted molar refractivity (Wildman–Crippen MR) is 112 cm³/mol. The van der Waals surface area contributed by atoms with Gasteiger partial charge in [0.1, 0.15) is 0 Å². The Balaban J connectivity index is 0.00000196. The summed E-state index contributed by atoms with van der Waals surface area (Å²) in [6.45, 7) is 6.18. The first-order valence-corrected chi connectivity index (χ1v) is 8.92. The van der Waals surface area contributed by atoms with Crippen LogP contribution in [0, 0.1) is 0 Å². The quantitative estimate of drug-likeness (QED) is 0.507. The molecule has 2 aromatic heterocycles. The molecule has 0 bridgehead atoms. The molecule has 0 saturated carbocycles. The van der Waals surface area contributed by atoms with Crippen LogP contribution in [0.5, 0.6) is 0 Å². The summed E-state index contributed by atoms with van der Waals surface area (Å²) in [7, 11) is 0. The lowest BCUT2D eigenvalue weighted by Gasteiger charge is -2.13. The minimum atomic E-state index is 0. The number of aryl methyl sites for hydroxylation is 1. The van der Waals surface area contributed by atoms with Crippen LogP contribution in [-0.4, -0.2) is 9.55 Å². The molecule has 0 aliphatic carbocycles. The Hall–Kier alpha value is -2.36. The molecule has 4 heteroatoms. The van der Waals surface area contributed by atoms with Crippen molar-refractivity contribution in [2.75, 3.05) is 0 Å². The second-order valence-electron chi connectivity index (χ2n) is 6.47. The maximum atomic E-state index is 4.43. The van der Waals surface area contributed by atoms with E-state index >= 15 is 0 Å². The van der Waals surface area contributed by atoms with E-state index in [1.807, 2.05) is 18.3 Å². The first-order valence-electron chi connectivity index (χ1n) is 8.92. The molecule has 1 atom stereocenters. The number of pyridine rings is 1. The van der Waals surface area contributed by atoms with Gasteiger partial charge >= 0.3 is 0 Å². The van der Waals surface area contributed by atoms with Crippen molar-refractivity contribution in [3.63, 3.8) is 0 Å². The molecule has 134 valence electrons. The Morgan fingerprint density at radius 1 is 0.962 bits per heavy atom. The van der Waals surface area contributed by atoms with Gasteiger partial charge in [-0.15, -0.1) is 12.4 Å². The number of halogens is 1. The molecule has 0 saturated heterocycles. The number of hydrogen-bond acceptors (Lipinski definition) is 2. The zero-order chi connectivity index (χ0) is 17.2. The second kappa shape index (κ2) is 7.90. The first kappa shape index (κ1) is 18.4. The van der Waals surface area contributed by atoms with Gasteiger partial charge in [-0.1, -0.05) is 30.3 Å². The molecule has 1 N–H and O–H groups in total. The summed E-state index contributed by atoms with van der Waals surface area (Å²) >= 11 is 0. The van der Waals surface area contributed by atoms with Crippen molar-refractivity contribution < 1.29 is 0 Å². The number of para-hydroxylation sites is 1. The Labute approximate surface area is 160 Å². The van der Waals surface area contributed by atoms with Gasteiger partial charge in [-0.2, -0.15) is 0 Å². The highest BCUT2D eigenvalue weighted by Gasteiger charge is 2.10. The smallest absolute Gasteiger partial charge is 0.0570 e. The number of nitrogens with one attached hydrogen (secondary N) is 1. The number of nitrogens with zero attached hydrogens (tertiary/aromatic N) is 2. The van der Waals surface area contributed by atoms with Gasteiger partial charge in [-0.05, 0) is 49.7 Å². The highest BCUT2D eigenvalue weighted by atomic mass is 35.5. The van der Waals surface area contributed by atoms with E-state index in [-0.39, 0.29) is 18.4 Å². The van der Waals surface area contributed by atoms with Crippen molar-refractivity contribution in [1.29, 1.82) is 0 Å². The van der Waals surface area contributed by atoms with Crippen LogP contribution < -0.4 is 5.32 Å². The van der Waals surface area contributed by atoms with Gasteiger partial charge in [0.05, 0.1) is 5.69 Å². The minimum absolute atomic E-state index is 0. The van der Waals surface area contributed by atoms with Gasteiger partial charge in [0.15, 0.2) is 0 Å². The molecule has 26 heavy (non-hydrogen) atoms. The lowest BCUT2D eigenvalue weighted by Crippen LogP contribution is -2.18. The molecule has 0 radical (unpaired) electrons. The Bertz CT molecular complexity index is 1010. The molecular weight excluding hydrogens is 342 g/mol. The number of rotatable bonds is 5. The number of benzene rings is 2. The fourth-order valence-electron chi connectivity index (χ4n) is 3.56. The van der Waals surface area contributed by atoms with Crippen LogP contribution in [0.1, 0.15) is 31.1 Å². The molecule has 0 aliphatic heterocycles. The van der Waals surface area contributed by atoms with E-state index in [4.69, 9.17) is 0 Å². The lowest BCUT2D eigenvalue weighted by molar-refractivity contribution is 0.562. The van der Waals surface area contributed by atoms with Crippen LogP contribution in [0.15, 0.2) is 66.9 Å². The van der Waals surface area contributed by atoms with E-state index in [1.54, 1.807) is 0 Å². The zero-order valence-electron chi connectivity index (χ0n) is 15.1. The minimum Gasteiger partial charge on any atom is -0.341 e. The summed E-state index contributed by atoms with van der Waals surface area (Å²) in [5, 5.41) is 6.25. The molecule has 1 unspecified atom stereocenters. The van der Waals surface area contributed by atoms with Crippen molar-refractivity contribution in [2.24, 2.45) is 0 Å². The topological polar surface area (TPSA) is 29.9 Å². The summed E-state index contributed by atoms with van der Waals surface area (Å²) in [6.07, 6.45) is 1.85. The highest BCUT2D eigenvalue weighted by Crippen LogP contribution is 2.29. The van der Waals surface area contributed by atoms with Crippen LogP contribution in [0.25, 0.3) is 21.8 Å². The summed E-state index contributed by atoms with van der Waals surface area (Å²) in [6, 6.07) is 21.7. The van der Waals surface area contributed by atoms with Crippen LogP contribution in [0.2, 0.25) is 0 Å². The average molecular weight is 366 g/mol. The number of hydrogen-bond donors (Lipinski definition) is 1. The van der Waals surface area contributed by atoms with Crippen molar-refractivity contribution >= 4 is 34.2 Å². The lowest BCUT2D eigenvalue weighted by atomic mass is 10.1. The van der Waals surface area contributed by atoms with E-state index in [0.717, 1.165) is 18.8 Å². The van der Waals surface area contributed by atoms with Crippen LogP contribution in [0.3, 0.4) is 0 Å². The fourth-order valence-corrected chi connectivity index (χ4v) is 3.56. The fraction of sp³-hybridized carbons (Fsp3) is 0.227. The maximum absolute atomic E-state index is 4.43. The molecule has 3 nitrogen and oxygen atoms in total. The summed E-state index contributed by atoms with van der Waals surface area (Å²) < 4.78 is 2.39. The zero-order valence-corrected chi connectivity index (χ0v) is 16.0. The van der Waals surface area contributed by atoms with E-state index < -0.39 is 0 Å². The van der Waals surface area contributed by atoms with Crippen molar-refractivity contribution in [3.05, 3.63) is 78.1 Å². The van der Waals surface area contributed by atoms with Crippen LogP contribution >= 0.6 is 12.4 Å². The standard InChI is InChI=1S/C22H23N3.ClH/c1-3-25-21-10-5-4-8-18(21)19-14-17(11-12-22(19)25)15-24-16(2)20-9-6-7-13-23-20;/h4-14,16,24H,3,15H2,1-2H3;1H. The molecule has 2 heterocycles. The number of fused-ring (bicyclic) bond motifs is 3. The second-order valence-corrected chi connectivity index (χ2v) is 6.47. The monoisotopic (exact) mass is 365 g/mol. The van der Waals surface area contributed by atoms with E-state index in [9.17, 15) is 0 Å². The van der Waals surface area contributed by atoms with Crippen molar-refractivity contribution in [3.8, 4) is 0 Å².